The van der Waals surface area contributed by atoms with Crippen LogP contribution in [-0.2, 0) is 20.8 Å². The van der Waals surface area contributed by atoms with Crippen molar-refractivity contribution >= 4 is 23.6 Å². The Labute approximate surface area is 191 Å². The molecule has 0 radical (unpaired) electrons. The van der Waals surface area contributed by atoms with Crippen LogP contribution in [0.5, 0.6) is 0 Å². The van der Waals surface area contributed by atoms with Crippen LogP contribution in [0.2, 0.25) is 0 Å². The molecule has 1 aromatic rings. The summed E-state index contributed by atoms with van der Waals surface area (Å²) in [4.78, 5) is 24.0. The number of ether oxygens (including phenoxy) is 3. The lowest BCUT2D eigenvalue weighted by atomic mass is 10.1. The van der Waals surface area contributed by atoms with Crippen molar-refractivity contribution in [2.24, 2.45) is 0 Å². The largest absolute Gasteiger partial charge is 0.444 e. The fourth-order valence-corrected chi connectivity index (χ4v) is 2.81. The molecule has 0 aliphatic carbocycles. The highest BCUT2D eigenvalue weighted by molar-refractivity contribution is 6.17. The van der Waals surface area contributed by atoms with E-state index in [1.54, 1.807) is 39.0 Å². The number of halogens is 1. The van der Waals surface area contributed by atoms with E-state index in [1.165, 1.54) is 0 Å². The number of hydrogen-bond donors (Lipinski definition) is 2. The third-order valence-corrected chi connectivity index (χ3v) is 4.37. The van der Waals surface area contributed by atoms with Gasteiger partial charge < -0.3 is 24.8 Å². The fourth-order valence-electron chi connectivity index (χ4n) is 2.62. The van der Waals surface area contributed by atoms with Crippen LogP contribution in [0.3, 0.4) is 0 Å². The zero-order valence-electron chi connectivity index (χ0n) is 19.0. The molecule has 7 nitrogen and oxygen atoms in total. The van der Waals surface area contributed by atoms with E-state index in [4.69, 9.17) is 25.8 Å². The summed E-state index contributed by atoms with van der Waals surface area (Å²) in [6.45, 7) is 8.33. The molecular weight excluding hydrogens is 420 g/mol. The Kier molecular flexibility index (Phi) is 13.9. The molecule has 2 amide bonds. The second kappa shape index (κ2) is 15.9. The van der Waals surface area contributed by atoms with Gasteiger partial charge in [0.1, 0.15) is 5.60 Å². The number of carbonyl (C=O) groups is 2. The SMILES string of the molecule is CC(C)(C)OC(=O)NCc1cccc(C(=O)NCCOCCOCCCCCCCl)c1. The number of unbranched alkanes of at least 4 members (excludes halogenated alkanes) is 3. The summed E-state index contributed by atoms with van der Waals surface area (Å²) < 4.78 is 16.2. The van der Waals surface area contributed by atoms with Gasteiger partial charge in [-0.3, -0.25) is 4.79 Å². The number of nitrogens with one attached hydrogen (secondary N) is 2. The monoisotopic (exact) mass is 456 g/mol. The second-order valence-corrected chi connectivity index (χ2v) is 8.52. The summed E-state index contributed by atoms with van der Waals surface area (Å²) in [6.07, 6.45) is 3.89. The first-order chi connectivity index (χ1) is 14.8. The Morgan fingerprint density at radius 1 is 0.935 bits per heavy atom. The van der Waals surface area contributed by atoms with Crippen LogP contribution in [0.15, 0.2) is 24.3 Å². The van der Waals surface area contributed by atoms with Crippen molar-refractivity contribution in [3.05, 3.63) is 35.4 Å². The first-order valence-electron chi connectivity index (χ1n) is 10.9. The topological polar surface area (TPSA) is 85.9 Å². The van der Waals surface area contributed by atoms with E-state index in [0.29, 0.717) is 31.9 Å². The first-order valence-corrected chi connectivity index (χ1v) is 11.4. The highest BCUT2D eigenvalue weighted by Gasteiger charge is 2.15. The molecule has 0 saturated heterocycles. The molecule has 0 aliphatic rings. The molecule has 0 spiro atoms. The average molecular weight is 457 g/mol. The maximum Gasteiger partial charge on any atom is 0.407 e. The van der Waals surface area contributed by atoms with Gasteiger partial charge in [-0.05, 0) is 51.3 Å². The zero-order chi connectivity index (χ0) is 23.0. The standard InChI is InChI=1S/C23H37ClN2O5/c1-23(2,3)31-22(28)26-18-19-9-8-10-20(17-19)21(27)25-12-14-30-16-15-29-13-7-5-4-6-11-24/h8-10,17H,4-7,11-16,18H2,1-3H3,(H,25,27)(H,26,28). The predicted octanol–water partition coefficient (Wildman–Crippen LogP) is 4.27. The normalized spacial score (nSPS) is 11.2. The van der Waals surface area contributed by atoms with E-state index in [-0.39, 0.29) is 12.5 Å². The molecule has 0 saturated carbocycles. The molecule has 176 valence electrons. The number of alkyl halides is 1. The van der Waals surface area contributed by atoms with Gasteiger partial charge in [0.05, 0.1) is 19.8 Å². The van der Waals surface area contributed by atoms with Crippen molar-refractivity contribution in [3.8, 4) is 0 Å². The summed E-state index contributed by atoms with van der Waals surface area (Å²) in [5, 5.41) is 5.51. The molecular formula is C23H37ClN2O5. The van der Waals surface area contributed by atoms with Gasteiger partial charge in [-0.15, -0.1) is 11.6 Å². The van der Waals surface area contributed by atoms with Gasteiger partial charge in [0, 0.05) is 31.1 Å². The van der Waals surface area contributed by atoms with E-state index in [9.17, 15) is 9.59 Å². The zero-order valence-corrected chi connectivity index (χ0v) is 19.8. The van der Waals surface area contributed by atoms with Crippen LogP contribution >= 0.6 is 11.6 Å². The Balaban J connectivity index is 2.15. The lowest BCUT2D eigenvalue weighted by Gasteiger charge is -2.19. The van der Waals surface area contributed by atoms with Gasteiger partial charge >= 0.3 is 6.09 Å². The number of hydrogen-bond acceptors (Lipinski definition) is 5. The van der Waals surface area contributed by atoms with Gasteiger partial charge in [-0.2, -0.15) is 0 Å². The number of rotatable bonds is 15. The van der Waals surface area contributed by atoms with Crippen molar-refractivity contribution in [1.82, 2.24) is 10.6 Å². The summed E-state index contributed by atoms with van der Waals surface area (Å²) in [7, 11) is 0. The van der Waals surface area contributed by atoms with Crippen molar-refractivity contribution in [3.63, 3.8) is 0 Å². The van der Waals surface area contributed by atoms with Crippen LogP contribution in [0, 0.1) is 0 Å². The summed E-state index contributed by atoms with van der Waals surface area (Å²) in [5.41, 5.74) is 0.792. The minimum Gasteiger partial charge on any atom is -0.444 e. The molecule has 0 unspecified atom stereocenters. The fraction of sp³-hybridized carbons (Fsp3) is 0.652. The van der Waals surface area contributed by atoms with Gasteiger partial charge in [0.25, 0.3) is 5.91 Å². The van der Waals surface area contributed by atoms with Crippen LogP contribution < -0.4 is 10.6 Å². The summed E-state index contributed by atoms with van der Waals surface area (Å²) in [6, 6.07) is 7.10. The quantitative estimate of drug-likeness (QED) is 0.304. The Bertz CT molecular complexity index is 649. The first kappa shape index (κ1) is 27.2. The van der Waals surface area contributed by atoms with Crippen LogP contribution in [0.1, 0.15) is 62.4 Å². The van der Waals surface area contributed by atoms with E-state index in [1.807, 2.05) is 6.07 Å². The smallest absolute Gasteiger partial charge is 0.407 e. The lowest BCUT2D eigenvalue weighted by molar-refractivity contribution is 0.0468. The van der Waals surface area contributed by atoms with E-state index < -0.39 is 11.7 Å². The molecule has 0 fully saturated rings. The number of carbonyl (C=O) groups excluding carboxylic acids is 2. The molecule has 2 N–H and O–H groups in total. The van der Waals surface area contributed by atoms with Crippen molar-refractivity contribution in [2.75, 3.05) is 38.9 Å². The van der Waals surface area contributed by atoms with E-state index in [2.05, 4.69) is 10.6 Å². The number of amides is 2. The lowest BCUT2D eigenvalue weighted by Crippen LogP contribution is -2.32. The van der Waals surface area contributed by atoms with Crippen LogP contribution in [-0.4, -0.2) is 56.5 Å². The molecule has 0 aromatic heterocycles. The highest BCUT2D eigenvalue weighted by Crippen LogP contribution is 2.08. The third-order valence-electron chi connectivity index (χ3n) is 4.10. The number of alkyl carbamates (subject to hydrolysis) is 1. The maximum absolute atomic E-state index is 12.3. The minimum atomic E-state index is -0.551. The third kappa shape index (κ3) is 14.7. The van der Waals surface area contributed by atoms with Crippen molar-refractivity contribution in [2.45, 2.75) is 58.6 Å². The van der Waals surface area contributed by atoms with Crippen molar-refractivity contribution < 1.29 is 23.8 Å². The molecule has 31 heavy (non-hydrogen) atoms. The van der Waals surface area contributed by atoms with E-state index >= 15 is 0 Å². The van der Waals surface area contributed by atoms with Crippen LogP contribution in [0.4, 0.5) is 4.79 Å². The predicted molar refractivity (Wildman–Crippen MR) is 123 cm³/mol. The molecule has 0 atom stereocenters. The van der Waals surface area contributed by atoms with Crippen LogP contribution in [0.25, 0.3) is 0 Å². The van der Waals surface area contributed by atoms with Gasteiger partial charge in [-0.25, -0.2) is 4.79 Å². The highest BCUT2D eigenvalue weighted by atomic mass is 35.5. The number of benzene rings is 1. The van der Waals surface area contributed by atoms with E-state index in [0.717, 1.165) is 43.7 Å². The summed E-state index contributed by atoms with van der Waals surface area (Å²) >= 11 is 5.63. The maximum atomic E-state index is 12.3. The molecule has 1 aromatic carbocycles. The minimum absolute atomic E-state index is 0.184. The molecule has 1 rings (SSSR count). The molecule has 0 bridgehead atoms. The Morgan fingerprint density at radius 3 is 2.35 bits per heavy atom. The van der Waals surface area contributed by atoms with Gasteiger partial charge in [0.15, 0.2) is 0 Å². The van der Waals surface area contributed by atoms with Crippen molar-refractivity contribution in [1.29, 1.82) is 0 Å². The molecule has 0 heterocycles. The summed E-state index contributed by atoms with van der Waals surface area (Å²) in [5.74, 6) is 0.540. The molecule has 0 aliphatic heterocycles. The molecule has 8 heteroatoms. The average Bonchev–Trinajstić information content (AvgIpc) is 2.72. The Hall–Kier alpha value is -1.83. The second-order valence-electron chi connectivity index (χ2n) is 8.14. The van der Waals surface area contributed by atoms with Gasteiger partial charge in [-0.1, -0.05) is 25.0 Å². The Morgan fingerprint density at radius 2 is 1.65 bits per heavy atom. The van der Waals surface area contributed by atoms with Gasteiger partial charge in [0.2, 0.25) is 0 Å².